The fourth-order valence-corrected chi connectivity index (χ4v) is 2.63. The van der Waals surface area contributed by atoms with E-state index in [1.54, 1.807) is 12.1 Å². The van der Waals surface area contributed by atoms with Gasteiger partial charge in [-0.05, 0) is 37.1 Å². The van der Waals surface area contributed by atoms with Gasteiger partial charge in [-0.15, -0.1) is 0 Å². The molecule has 2 rings (SSSR count). The molecule has 0 unspecified atom stereocenters. The van der Waals surface area contributed by atoms with Crippen LogP contribution in [0.1, 0.15) is 49.4 Å². The van der Waals surface area contributed by atoms with E-state index in [0.717, 1.165) is 18.4 Å². The first-order valence-electron chi connectivity index (χ1n) is 5.92. The summed E-state index contributed by atoms with van der Waals surface area (Å²) in [6.45, 7) is 2.10. The van der Waals surface area contributed by atoms with Crippen LogP contribution in [-0.4, -0.2) is 5.78 Å². The zero-order chi connectivity index (χ0) is 11.6. The highest BCUT2D eigenvalue weighted by molar-refractivity contribution is 6.30. The van der Waals surface area contributed by atoms with Crippen molar-refractivity contribution in [3.63, 3.8) is 0 Å². The Hall–Kier alpha value is -0.820. The summed E-state index contributed by atoms with van der Waals surface area (Å²) in [4.78, 5) is 12.4. The van der Waals surface area contributed by atoms with Crippen molar-refractivity contribution < 1.29 is 4.79 Å². The molecular weight excluding hydrogens is 220 g/mol. The first-order chi connectivity index (χ1) is 7.62. The maximum Gasteiger partial charge on any atom is 0.168 e. The lowest BCUT2D eigenvalue weighted by Crippen LogP contribution is -2.30. The molecule has 0 heterocycles. The molecule has 0 aliphatic heterocycles. The summed E-state index contributed by atoms with van der Waals surface area (Å²) in [7, 11) is 0. The molecule has 0 aromatic heterocycles. The minimum Gasteiger partial charge on any atom is -0.294 e. The summed E-state index contributed by atoms with van der Waals surface area (Å²) >= 11 is 5.83. The van der Waals surface area contributed by atoms with E-state index in [9.17, 15) is 4.79 Å². The Morgan fingerprint density at radius 1 is 1.12 bits per heavy atom. The maximum absolute atomic E-state index is 12.4. The van der Waals surface area contributed by atoms with Crippen molar-refractivity contribution in [2.45, 2.75) is 39.0 Å². The molecule has 0 spiro atoms. The zero-order valence-corrected chi connectivity index (χ0v) is 10.4. The number of ketones is 1. The van der Waals surface area contributed by atoms with Crippen LogP contribution in [0.3, 0.4) is 0 Å². The topological polar surface area (TPSA) is 17.1 Å². The quantitative estimate of drug-likeness (QED) is 0.692. The molecule has 1 fully saturated rings. The molecule has 1 aliphatic rings. The van der Waals surface area contributed by atoms with Gasteiger partial charge in [0.1, 0.15) is 0 Å². The van der Waals surface area contributed by atoms with Gasteiger partial charge < -0.3 is 0 Å². The molecule has 0 atom stereocenters. The summed E-state index contributed by atoms with van der Waals surface area (Å²) in [5, 5.41) is 0.686. The molecule has 0 N–H and O–H groups in total. The van der Waals surface area contributed by atoms with Crippen molar-refractivity contribution in [1.29, 1.82) is 0 Å². The van der Waals surface area contributed by atoms with Crippen LogP contribution in [0.25, 0.3) is 0 Å². The Labute approximate surface area is 102 Å². The molecule has 1 nitrogen and oxygen atoms in total. The summed E-state index contributed by atoms with van der Waals surface area (Å²) in [6, 6.07) is 7.26. The van der Waals surface area contributed by atoms with Gasteiger partial charge in [0.15, 0.2) is 5.78 Å². The van der Waals surface area contributed by atoms with Gasteiger partial charge in [-0.2, -0.15) is 0 Å². The standard InChI is InChI=1S/C14H17ClO/c1-14(9-3-2-4-10-14)13(16)11-5-7-12(15)8-6-11/h5-8H,2-4,9-10H2,1H3. The Balaban J connectivity index is 2.20. The Bertz CT molecular complexity index is 374. The van der Waals surface area contributed by atoms with Crippen molar-refractivity contribution >= 4 is 17.4 Å². The fourth-order valence-electron chi connectivity index (χ4n) is 2.51. The molecule has 1 saturated carbocycles. The highest BCUT2D eigenvalue weighted by atomic mass is 35.5. The maximum atomic E-state index is 12.4. The third kappa shape index (κ3) is 2.30. The number of benzene rings is 1. The number of Topliss-reactive ketones (excluding diaryl/α,β-unsaturated/α-hetero) is 1. The van der Waals surface area contributed by atoms with Gasteiger partial charge in [-0.3, -0.25) is 4.79 Å². The van der Waals surface area contributed by atoms with E-state index in [1.807, 2.05) is 12.1 Å². The SMILES string of the molecule is CC1(C(=O)c2ccc(Cl)cc2)CCCCC1. The Morgan fingerprint density at radius 2 is 1.69 bits per heavy atom. The molecule has 1 aliphatic carbocycles. The highest BCUT2D eigenvalue weighted by Gasteiger charge is 2.34. The number of rotatable bonds is 2. The molecular formula is C14H17ClO. The monoisotopic (exact) mass is 236 g/mol. The second kappa shape index (κ2) is 4.58. The van der Waals surface area contributed by atoms with Crippen LogP contribution in [-0.2, 0) is 0 Å². The second-order valence-electron chi connectivity index (χ2n) is 4.96. The van der Waals surface area contributed by atoms with Crippen LogP contribution in [0, 0.1) is 5.41 Å². The average molecular weight is 237 g/mol. The lowest BCUT2D eigenvalue weighted by molar-refractivity contribution is 0.0749. The van der Waals surface area contributed by atoms with Gasteiger partial charge in [-0.1, -0.05) is 37.8 Å². The summed E-state index contributed by atoms with van der Waals surface area (Å²) in [6.07, 6.45) is 5.66. The number of hydrogen-bond acceptors (Lipinski definition) is 1. The predicted molar refractivity (Wildman–Crippen MR) is 67.0 cm³/mol. The van der Waals surface area contributed by atoms with Crippen LogP contribution < -0.4 is 0 Å². The Morgan fingerprint density at radius 3 is 2.25 bits per heavy atom. The molecule has 0 amide bonds. The van der Waals surface area contributed by atoms with Crippen molar-refractivity contribution in [3.05, 3.63) is 34.9 Å². The van der Waals surface area contributed by atoms with Gasteiger partial charge in [0.05, 0.1) is 0 Å². The van der Waals surface area contributed by atoms with Crippen molar-refractivity contribution in [2.24, 2.45) is 5.41 Å². The number of halogens is 1. The molecule has 1 aromatic carbocycles. The summed E-state index contributed by atoms with van der Waals surface area (Å²) in [5.41, 5.74) is 0.653. The van der Waals surface area contributed by atoms with Gasteiger partial charge in [0.25, 0.3) is 0 Å². The van der Waals surface area contributed by atoms with Crippen molar-refractivity contribution in [3.8, 4) is 0 Å². The minimum atomic E-state index is -0.147. The van der Waals surface area contributed by atoms with Crippen LogP contribution >= 0.6 is 11.6 Å². The molecule has 0 saturated heterocycles. The van der Waals surface area contributed by atoms with Gasteiger partial charge in [0, 0.05) is 16.0 Å². The van der Waals surface area contributed by atoms with Crippen LogP contribution in [0.5, 0.6) is 0 Å². The minimum absolute atomic E-state index is 0.147. The van der Waals surface area contributed by atoms with Crippen molar-refractivity contribution in [2.75, 3.05) is 0 Å². The highest BCUT2D eigenvalue weighted by Crippen LogP contribution is 2.38. The lowest BCUT2D eigenvalue weighted by Gasteiger charge is -2.32. The van der Waals surface area contributed by atoms with E-state index in [0.29, 0.717) is 5.02 Å². The molecule has 1 aromatic rings. The number of carbonyl (C=O) groups excluding carboxylic acids is 1. The van der Waals surface area contributed by atoms with E-state index in [-0.39, 0.29) is 11.2 Å². The summed E-state index contributed by atoms with van der Waals surface area (Å²) < 4.78 is 0. The molecule has 2 heteroatoms. The van der Waals surface area contributed by atoms with Crippen LogP contribution in [0.2, 0.25) is 5.02 Å². The Kier molecular flexibility index (Phi) is 3.34. The van der Waals surface area contributed by atoms with E-state index in [2.05, 4.69) is 6.92 Å². The number of hydrogen-bond donors (Lipinski definition) is 0. The zero-order valence-electron chi connectivity index (χ0n) is 9.63. The van der Waals surface area contributed by atoms with Crippen LogP contribution in [0.4, 0.5) is 0 Å². The largest absolute Gasteiger partial charge is 0.294 e. The van der Waals surface area contributed by atoms with Crippen LogP contribution in [0.15, 0.2) is 24.3 Å². The first-order valence-corrected chi connectivity index (χ1v) is 6.30. The smallest absolute Gasteiger partial charge is 0.168 e. The molecule has 0 bridgehead atoms. The third-order valence-electron chi connectivity index (χ3n) is 3.61. The first kappa shape index (κ1) is 11.7. The predicted octanol–water partition coefficient (Wildman–Crippen LogP) is 4.49. The molecule has 0 radical (unpaired) electrons. The molecule has 86 valence electrons. The van der Waals surface area contributed by atoms with E-state index < -0.39 is 0 Å². The van der Waals surface area contributed by atoms with Gasteiger partial charge in [-0.25, -0.2) is 0 Å². The molecule has 16 heavy (non-hydrogen) atoms. The lowest BCUT2D eigenvalue weighted by atomic mass is 9.71. The summed E-state index contributed by atoms with van der Waals surface area (Å²) in [5.74, 6) is 0.281. The van der Waals surface area contributed by atoms with E-state index >= 15 is 0 Å². The second-order valence-corrected chi connectivity index (χ2v) is 5.39. The number of carbonyl (C=O) groups is 1. The normalized spacial score (nSPS) is 19.4. The van der Waals surface area contributed by atoms with E-state index in [1.165, 1.54) is 19.3 Å². The third-order valence-corrected chi connectivity index (χ3v) is 3.86. The van der Waals surface area contributed by atoms with E-state index in [4.69, 9.17) is 11.6 Å². The van der Waals surface area contributed by atoms with Gasteiger partial charge >= 0.3 is 0 Å². The van der Waals surface area contributed by atoms with Crippen molar-refractivity contribution in [1.82, 2.24) is 0 Å². The van der Waals surface area contributed by atoms with Gasteiger partial charge in [0.2, 0.25) is 0 Å². The average Bonchev–Trinajstić information content (AvgIpc) is 2.30. The fraction of sp³-hybridized carbons (Fsp3) is 0.500.